The Labute approximate surface area is 91.4 Å². The third-order valence-corrected chi connectivity index (χ3v) is 2.24. The molecule has 0 aromatic heterocycles. The van der Waals surface area contributed by atoms with E-state index in [1.54, 1.807) is 0 Å². The van der Waals surface area contributed by atoms with E-state index < -0.39 is 0 Å². The Balaban J connectivity index is 0.00000169. The zero-order valence-electron chi connectivity index (χ0n) is 8.36. The fraction of sp³-hybridized carbons (Fsp3) is 0.364. The third-order valence-electron chi connectivity index (χ3n) is 2.24. The summed E-state index contributed by atoms with van der Waals surface area (Å²) >= 11 is 0. The van der Waals surface area contributed by atoms with Gasteiger partial charge in [-0.1, -0.05) is 37.3 Å². The van der Waals surface area contributed by atoms with E-state index in [-0.39, 0.29) is 24.2 Å². The Bertz CT molecular complexity index is 272. The van der Waals surface area contributed by atoms with Gasteiger partial charge in [0.05, 0.1) is 5.84 Å². The number of nitrogens with two attached hydrogens (primary N) is 1. The Morgan fingerprint density at radius 2 is 1.93 bits per heavy atom. The molecule has 1 atom stereocenters. The Kier molecular flexibility index (Phi) is 5.97. The molecule has 0 radical (unpaired) electrons. The second kappa shape index (κ2) is 6.44. The van der Waals surface area contributed by atoms with Gasteiger partial charge in [0.25, 0.3) is 0 Å². The van der Waals surface area contributed by atoms with E-state index >= 15 is 0 Å². The van der Waals surface area contributed by atoms with Gasteiger partial charge in [0.2, 0.25) is 0 Å². The molecule has 1 unspecified atom stereocenters. The molecule has 1 rings (SSSR count). The Morgan fingerprint density at radius 3 is 2.43 bits per heavy atom. The van der Waals surface area contributed by atoms with Crippen LogP contribution < -0.4 is 5.73 Å². The van der Waals surface area contributed by atoms with Crippen molar-refractivity contribution in [2.24, 2.45) is 11.7 Å². The Hall–Kier alpha value is -1.02. The van der Waals surface area contributed by atoms with Gasteiger partial charge in [-0.3, -0.25) is 5.41 Å². The van der Waals surface area contributed by atoms with Gasteiger partial charge in [0.1, 0.15) is 0 Å². The fourth-order valence-electron chi connectivity index (χ4n) is 1.18. The molecule has 2 nitrogen and oxygen atoms in total. The second-order valence-electron chi connectivity index (χ2n) is 3.38. The van der Waals surface area contributed by atoms with Crippen molar-refractivity contribution in [3.63, 3.8) is 0 Å². The molecule has 0 amide bonds. The summed E-state index contributed by atoms with van der Waals surface area (Å²) in [5, 5.41) is 7.24. The summed E-state index contributed by atoms with van der Waals surface area (Å²) in [6, 6.07) is 10.3. The minimum atomic E-state index is 0. The van der Waals surface area contributed by atoms with E-state index in [9.17, 15) is 0 Å². The van der Waals surface area contributed by atoms with Crippen LogP contribution in [0.4, 0.5) is 0 Å². The number of amidine groups is 1. The van der Waals surface area contributed by atoms with Gasteiger partial charge >= 0.3 is 0 Å². The normalized spacial score (nSPS) is 11.5. The molecule has 3 heteroatoms. The average Bonchev–Trinajstić information content (AvgIpc) is 2.15. The largest absolute Gasteiger partial charge is 0.387 e. The summed E-state index contributed by atoms with van der Waals surface area (Å²) in [6.45, 7) is 1.99. The number of hydrogen-bond donors (Lipinski definition) is 2. The number of nitrogens with one attached hydrogen (secondary N) is 1. The quantitative estimate of drug-likeness (QED) is 0.585. The molecule has 1 aromatic rings. The van der Waals surface area contributed by atoms with Crippen molar-refractivity contribution in [3.05, 3.63) is 35.9 Å². The molecule has 0 heterocycles. The smallest absolute Gasteiger partial charge is 0.0934 e. The van der Waals surface area contributed by atoms with Crippen molar-refractivity contribution in [2.75, 3.05) is 0 Å². The average molecular weight is 213 g/mol. The molecule has 0 saturated carbocycles. The maximum absolute atomic E-state index is 7.24. The van der Waals surface area contributed by atoms with Crippen molar-refractivity contribution < 1.29 is 0 Å². The zero-order chi connectivity index (χ0) is 9.68. The van der Waals surface area contributed by atoms with Gasteiger partial charge in [0, 0.05) is 5.92 Å². The van der Waals surface area contributed by atoms with Gasteiger partial charge < -0.3 is 5.73 Å². The van der Waals surface area contributed by atoms with E-state index in [4.69, 9.17) is 11.1 Å². The van der Waals surface area contributed by atoms with E-state index in [0.717, 1.165) is 12.8 Å². The van der Waals surface area contributed by atoms with Crippen LogP contribution in [0, 0.1) is 11.3 Å². The highest BCUT2D eigenvalue weighted by molar-refractivity contribution is 5.85. The monoisotopic (exact) mass is 212 g/mol. The van der Waals surface area contributed by atoms with E-state index in [0.29, 0.717) is 0 Å². The molecule has 0 aliphatic rings. The first-order chi connectivity index (χ1) is 6.20. The highest BCUT2D eigenvalue weighted by Crippen LogP contribution is 2.08. The fourth-order valence-corrected chi connectivity index (χ4v) is 1.18. The first kappa shape index (κ1) is 13.0. The van der Waals surface area contributed by atoms with E-state index in [1.165, 1.54) is 5.56 Å². The van der Waals surface area contributed by atoms with E-state index in [1.807, 2.05) is 25.1 Å². The summed E-state index contributed by atoms with van der Waals surface area (Å²) < 4.78 is 0. The van der Waals surface area contributed by atoms with Gasteiger partial charge in [-0.25, -0.2) is 0 Å². The van der Waals surface area contributed by atoms with Gasteiger partial charge in [-0.05, 0) is 18.4 Å². The lowest BCUT2D eigenvalue weighted by atomic mass is 10.0. The summed E-state index contributed by atoms with van der Waals surface area (Å²) in [6.07, 6.45) is 1.96. The maximum Gasteiger partial charge on any atom is 0.0934 e. The van der Waals surface area contributed by atoms with Crippen LogP contribution in [0.1, 0.15) is 18.9 Å². The molecule has 0 bridgehead atoms. The molecule has 14 heavy (non-hydrogen) atoms. The van der Waals surface area contributed by atoms with Crippen LogP contribution in [0.5, 0.6) is 0 Å². The van der Waals surface area contributed by atoms with Gasteiger partial charge in [0.15, 0.2) is 0 Å². The summed E-state index contributed by atoms with van der Waals surface area (Å²) in [4.78, 5) is 0. The lowest BCUT2D eigenvalue weighted by Gasteiger charge is -2.08. The minimum absolute atomic E-state index is 0. The first-order valence-electron chi connectivity index (χ1n) is 4.58. The summed E-state index contributed by atoms with van der Waals surface area (Å²) in [7, 11) is 0. The number of hydrogen-bond acceptors (Lipinski definition) is 1. The molecule has 0 aliphatic heterocycles. The predicted molar refractivity (Wildman–Crippen MR) is 63.1 cm³/mol. The van der Waals surface area contributed by atoms with Gasteiger partial charge in [-0.2, -0.15) is 0 Å². The van der Waals surface area contributed by atoms with Crippen molar-refractivity contribution >= 4 is 18.2 Å². The first-order valence-corrected chi connectivity index (χ1v) is 4.58. The second-order valence-corrected chi connectivity index (χ2v) is 3.38. The Morgan fingerprint density at radius 1 is 1.36 bits per heavy atom. The third kappa shape index (κ3) is 4.28. The SMILES string of the molecule is CC(CCc1ccccc1)C(=N)N.Cl. The van der Waals surface area contributed by atoms with Crippen LogP contribution in [0.2, 0.25) is 0 Å². The molecule has 0 saturated heterocycles. The maximum atomic E-state index is 7.24. The highest BCUT2D eigenvalue weighted by Gasteiger charge is 2.04. The number of aryl methyl sites for hydroxylation is 1. The molecular weight excluding hydrogens is 196 g/mol. The van der Waals surface area contributed by atoms with Crippen LogP contribution >= 0.6 is 12.4 Å². The van der Waals surface area contributed by atoms with Gasteiger partial charge in [-0.15, -0.1) is 12.4 Å². The van der Waals surface area contributed by atoms with Crippen molar-refractivity contribution in [2.45, 2.75) is 19.8 Å². The number of benzene rings is 1. The van der Waals surface area contributed by atoms with Crippen molar-refractivity contribution in [1.82, 2.24) is 0 Å². The van der Waals surface area contributed by atoms with Crippen molar-refractivity contribution in [3.8, 4) is 0 Å². The van der Waals surface area contributed by atoms with Crippen LogP contribution in [-0.4, -0.2) is 5.84 Å². The lowest BCUT2D eigenvalue weighted by Crippen LogP contribution is -2.20. The molecule has 78 valence electrons. The minimum Gasteiger partial charge on any atom is -0.387 e. The molecule has 0 spiro atoms. The zero-order valence-corrected chi connectivity index (χ0v) is 9.18. The lowest BCUT2D eigenvalue weighted by molar-refractivity contribution is 0.673. The number of rotatable bonds is 4. The summed E-state index contributed by atoms with van der Waals surface area (Å²) in [5.74, 6) is 0.483. The predicted octanol–water partition coefficient (Wildman–Crippen LogP) is 2.61. The van der Waals surface area contributed by atoms with Crippen LogP contribution in [-0.2, 0) is 6.42 Å². The van der Waals surface area contributed by atoms with E-state index in [2.05, 4.69) is 12.1 Å². The molecular formula is C11H17ClN2. The highest BCUT2D eigenvalue weighted by atomic mass is 35.5. The molecule has 0 fully saturated rings. The molecule has 0 aliphatic carbocycles. The summed E-state index contributed by atoms with van der Waals surface area (Å²) in [5.41, 5.74) is 6.70. The topological polar surface area (TPSA) is 49.9 Å². The molecule has 1 aromatic carbocycles. The number of halogens is 1. The van der Waals surface area contributed by atoms with Crippen LogP contribution in [0.3, 0.4) is 0 Å². The van der Waals surface area contributed by atoms with Crippen LogP contribution in [0.15, 0.2) is 30.3 Å². The molecule has 3 N–H and O–H groups in total. The van der Waals surface area contributed by atoms with Crippen molar-refractivity contribution in [1.29, 1.82) is 5.41 Å². The van der Waals surface area contributed by atoms with Crippen LogP contribution in [0.25, 0.3) is 0 Å². The standard InChI is InChI=1S/C11H16N2.ClH/c1-9(11(12)13)7-8-10-5-3-2-4-6-10;/h2-6,9H,7-8H2,1H3,(H3,12,13);1H.